The van der Waals surface area contributed by atoms with Crippen molar-refractivity contribution in [3.8, 4) is 0 Å². The third-order valence-corrected chi connectivity index (χ3v) is 1.60. The molecule has 0 aliphatic carbocycles. The zero-order chi connectivity index (χ0) is 9.14. The van der Waals surface area contributed by atoms with Crippen LogP contribution in [-0.2, 0) is 0 Å². The molecule has 0 fully saturated rings. The highest BCUT2D eigenvalue weighted by atomic mass is 16.4. The van der Waals surface area contributed by atoms with Crippen LogP contribution in [-0.4, -0.2) is 23.1 Å². The Balaban J connectivity index is 3.12. The van der Waals surface area contributed by atoms with E-state index in [-0.39, 0.29) is 5.56 Å². The second-order valence-electron chi connectivity index (χ2n) is 2.44. The lowest BCUT2D eigenvalue weighted by Gasteiger charge is -2.02. The number of hydrogen-bond acceptors (Lipinski definition) is 3. The van der Waals surface area contributed by atoms with Gasteiger partial charge in [-0.3, -0.25) is 0 Å². The second-order valence-corrected chi connectivity index (χ2v) is 2.44. The number of hydrogen-bond donors (Lipinski definition) is 2. The van der Waals surface area contributed by atoms with Gasteiger partial charge in [-0.1, -0.05) is 0 Å². The molecule has 1 aromatic rings. The van der Waals surface area contributed by atoms with Crippen LogP contribution < -0.4 is 5.32 Å². The van der Waals surface area contributed by atoms with Crippen LogP contribution in [0.15, 0.2) is 12.3 Å². The normalized spacial score (nSPS) is 9.50. The number of nitrogens with zero attached hydrogens (tertiary/aromatic N) is 1. The van der Waals surface area contributed by atoms with Crippen LogP contribution >= 0.6 is 0 Å². The van der Waals surface area contributed by atoms with E-state index in [1.165, 1.54) is 6.20 Å². The van der Waals surface area contributed by atoms with Gasteiger partial charge in [0.15, 0.2) is 0 Å². The van der Waals surface area contributed by atoms with Crippen LogP contribution in [0.4, 0.5) is 5.82 Å². The van der Waals surface area contributed by atoms with E-state index in [0.29, 0.717) is 11.4 Å². The van der Waals surface area contributed by atoms with Crippen LogP contribution in [0.3, 0.4) is 0 Å². The van der Waals surface area contributed by atoms with E-state index in [9.17, 15) is 4.79 Å². The zero-order valence-corrected chi connectivity index (χ0v) is 6.96. The van der Waals surface area contributed by atoms with Crippen molar-refractivity contribution < 1.29 is 9.90 Å². The van der Waals surface area contributed by atoms with Crippen LogP contribution in [0.1, 0.15) is 15.9 Å². The van der Waals surface area contributed by atoms with Crippen molar-refractivity contribution in [3.63, 3.8) is 0 Å². The highest BCUT2D eigenvalue weighted by molar-refractivity contribution is 5.89. The third-order valence-electron chi connectivity index (χ3n) is 1.60. The lowest BCUT2D eigenvalue weighted by Crippen LogP contribution is -2.02. The molecule has 12 heavy (non-hydrogen) atoms. The standard InChI is InChI=1S/C8H10N2O2/c1-5-3-7(9-2)10-4-6(5)8(11)12/h3-4H,1-2H3,(H,9,10)(H,11,12). The minimum absolute atomic E-state index is 0.244. The molecule has 4 heteroatoms. The Kier molecular flexibility index (Phi) is 2.28. The molecule has 1 heterocycles. The average molecular weight is 166 g/mol. The summed E-state index contributed by atoms with van der Waals surface area (Å²) in [4.78, 5) is 14.4. The number of aromatic nitrogens is 1. The molecule has 0 unspecified atom stereocenters. The number of aromatic carboxylic acids is 1. The molecular weight excluding hydrogens is 156 g/mol. The molecule has 4 nitrogen and oxygen atoms in total. The number of carbonyl (C=O) groups is 1. The van der Waals surface area contributed by atoms with Gasteiger partial charge in [0.05, 0.1) is 5.56 Å². The van der Waals surface area contributed by atoms with Crippen molar-refractivity contribution in [2.45, 2.75) is 6.92 Å². The molecule has 1 rings (SSSR count). The number of pyridine rings is 1. The maximum atomic E-state index is 10.6. The van der Waals surface area contributed by atoms with Crippen LogP contribution in [0, 0.1) is 6.92 Å². The fraction of sp³-hybridized carbons (Fsp3) is 0.250. The molecule has 1 aromatic heterocycles. The van der Waals surface area contributed by atoms with Gasteiger partial charge in [0.1, 0.15) is 5.82 Å². The van der Waals surface area contributed by atoms with Crippen LogP contribution in [0.2, 0.25) is 0 Å². The van der Waals surface area contributed by atoms with E-state index >= 15 is 0 Å². The Morgan fingerprint density at radius 2 is 2.33 bits per heavy atom. The number of aryl methyl sites for hydroxylation is 1. The van der Waals surface area contributed by atoms with E-state index < -0.39 is 5.97 Å². The van der Waals surface area contributed by atoms with Gasteiger partial charge < -0.3 is 10.4 Å². The smallest absolute Gasteiger partial charge is 0.337 e. The molecule has 2 N–H and O–H groups in total. The monoisotopic (exact) mass is 166 g/mol. The molecule has 0 aliphatic heterocycles. The number of rotatable bonds is 2. The molecule has 0 amide bonds. The predicted octanol–water partition coefficient (Wildman–Crippen LogP) is 1.13. The first-order valence-corrected chi connectivity index (χ1v) is 3.53. The van der Waals surface area contributed by atoms with E-state index in [4.69, 9.17) is 5.11 Å². The van der Waals surface area contributed by atoms with E-state index in [1.807, 2.05) is 0 Å². The van der Waals surface area contributed by atoms with Gasteiger partial charge in [0, 0.05) is 13.2 Å². The fourth-order valence-corrected chi connectivity index (χ4v) is 0.917. The lowest BCUT2D eigenvalue weighted by molar-refractivity contribution is 0.0695. The predicted molar refractivity (Wildman–Crippen MR) is 45.5 cm³/mol. The van der Waals surface area contributed by atoms with Gasteiger partial charge in [-0.05, 0) is 18.6 Å². The summed E-state index contributed by atoms with van der Waals surface area (Å²) in [6.45, 7) is 1.74. The Hall–Kier alpha value is -1.58. The molecule has 0 spiro atoms. The summed E-state index contributed by atoms with van der Waals surface area (Å²) in [5.41, 5.74) is 0.954. The summed E-state index contributed by atoms with van der Waals surface area (Å²) in [7, 11) is 1.74. The number of carboxylic acid groups (broad SMARTS) is 1. The van der Waals surface area contributed by atoms with Crippen LogP contribution in [0.5, 0.6) is 0 Å². The zero-order valence-electron chi connectivity index (χ0n) is 6.96. The Morgan fingerprint density at radius 3 is 2.75 bits per heavy atom. The molecule has 0 aromatic carbocycles. The first-order chi connectivity index (χ1) is 5.65. The Labute approximate surface area is 70.3 Å². The van der Waals surface area contributed by atoms with Crippen molar-refractivity contribution in [1.82, 2.24) is 4.98 Å². The van der Waals surface area contributed by atoms with Crippen molar-refractivity contribution in [2.24, 2.45) is 0 Å². The minimum Gasteiger partial charge on any atom is -0.478 e. The molecule has 0 bridgehead atoms. The maximum absolute atomic E-state index is 10.6. The van der Waals surface area contributed by atoms with Crippen molar-refractivity contribution in [1.29, 1.82) is 0 Å². The summed E-state index contributed by atoms with van der Waals surface area (Å²) < 4.78 is 0. The van der Waals surface area contributed by atoms with Gasteiger partial charge in [0.2, 0.25) is 0 Å². The van der Waals surface area contributed by atoms with Gasteiger partial charge in [-0.2, -0.15) is 0 Å². The topological polar surface area (TPSA) is 62.2 Å². The largest absolute Gasteiger partial charge is 0.478 e. The minimum atomic E-state index is -0.942. The Bertz CT molecular complexity index is 310. The van der Waals surface area contributed by atoms with Gasteiger partial charge in [-0.25, -0.2) is 9.78 Å². The molecule has 0 saturated carbocycles. The number of anilines is 1. The molecule has 64 valence electrons. The highest BCUT2D eigenvalue weighted by Gasteiger charge is 2.06. The SMILES string of the molecule is CNc1cc(C)c(C(=O)O)cn1. The van der Waals surface area contributed by atoms with Gasteiger partial charge >= 0.3 is 5.97 Å². The molecule has 0 saturated heterocycles. The summed E-state index contributed by atoms with van der Waals surface area (Å²) in [5.74, 6) is -0.264. The second kappa shape index (κ2) is 3.21. The lowest BCUT2D eigenvalue weighted by atomic mass is 10.1. The van der Waals surface area contributed by atoms with Crippen molar-refractivity contribution in [3.05, 3.63) is 23.4 Å². The van der Waals surface area contributed by atoms with Crippen LogP contribution in [0.25, 0.3) is 0 Å². The first kappa shape index (κ1) is 8.52. The maximum Gasteiger partial charge on any atom is 0.337 e. The van der Waals surface area contributed by atoms with E-state index in [2.05, 4.69) is 10.3 Å². The highest BCUT2D eigenvalue weighted by Crippen LogP contribution is 2.10. The number of nitrogens with one attached hydrogen (secondary N) is 1. The molecule has 0 atom stereocenters. The number of carboxylic acids is 1. The summed E-state index contributed by atoms with van der Waals surface area (Å²) in [5, 5.41) is 11.5. The first-order valence-electron chi connectivity index (χ1n) is 3.53. The fourth-order valence-electron chi connectivity index (χ4n) is 0.917. The molecular formula is C8H10N2O2. The molecule has 0 aliphatic rings. The summed E-state index contributed by atoms with van der Waals surface area (Å²) in [6.07, 6.45) is 1.35. The quantitative estimate of drug-likeness (QED) is 0.691. The van der Waals surface area contributed by atoms with E-state index in [1.54, 1.807) is 20.0 Å². The Morgan fingerprint density at radius 1 is 1.67 bits per heavy atom. The van der Waals surface area contributed by atoms with Crippen molar-refractivity contribution >= 4 is 11.8 Å². The third kappa shape index (κ3) is 1.53. The van der Waals surface area contributed by atoms with E-state index in [0.717, 1.165) is 0 Å². The van der Waals surface area contributed by atoms with Crippen molar-refractivity contribution in [2.75, 3.05) is 12.4 Å². The van der Waals surface area contributed by atoms with Gasteiger partial charge in [-0.15, -0.1) is 0 Å². The van der Waals surface area contributed by atoms with Gasteiger partial charge in [0.25, 0.3) is 0 Å². The summed E-state index contributed by atoms with van der Waals surface area (Å²) >= 11 is 0. The average Bonchev–Trinajstić information content (AvgIpc) is 2.03. The molecule has 0 radical (unpaired) electrons. The summed E-state index contributed by atoms with van der Waals surface area (Å²) in [6, 6.07) is 1.70.